The average molecular weight is 205 g/mol. The van der Waals surface area contributed by atoms with Gasteiger partial charge in [-0.15, -0.1) is 9.24 Å². The molecule has 1 atom stereocenters. The molecule has 0 aliphatic rings. The molecule has 0 rings (SSSR count). The fourth-order valence-electron chi connectivity index (χ4n) is 0.356. The molecule has 0 amide bonds. The van der Waals surface area contributed by atoms with Crippen LogP contribution in [0.3, 0.4) is 0 Å². The van der Waals surface area contributed by atoms with Crippen LogP contribution in [0, 0.1) is 0 Å². The Morgan fingerprint density at radius 3 is 2.11 bits per heavy atom. The number of halogens is 1. The zero-order chi connectivity index (χ0) is 7.44. The molecule has 0 aliphatic carbocycles. The first-order valence-corrected chi connectivity index (χ1v) is 3.88. The minimum absolute atomic E-state index is 0.908. The fourth-order valence-corrected chi connectivity index (χ4v) is 0.721. The van der Waals surface area contributed by atoms with Crippen LogP contribution < -0.4 is 0 Å². The quantitative estimate of drug-likeness (QED) is 0.479. The van der Waals surface area contributed by atoms with Gasteiger partial charge in [0.05, 0.1) is 0 Å². The average Bonchev–Trinajstić information content (AvgIpc) is 1.63. The monoisotopic (exact) mass is 204 g/mol. The van der Waals surface area contributed by atoms with E-state index in [1.54, 1.807) is 0 Å². The van der Waals surface area contributed by atoms with Crippen LogP contribution in [0.5, 0.6) is 0 Å². The molecule has 2 heteroatoms. The molecule has 50 valence electrons. The maximum atomic E-state index is 3.71. The summed E-state index contributed by atoms with van der Waals surface area (Å²) in [7, 11) is 2.51. The van der Waals surface area contributed by atoms with E-state index in [1.807, 2.05) is 13.0 Å². The van der Waals surface area contributed by atoms with Crippen LogP contribution in [-0.2, 0) is 0 Å². The summed E-state index contributed by atoms with van der Waals surface area (Å²) in [5, 5.41) is 0.966. The van der Waals surface area contributed by atoms with Crippen molar-refractivity contribution >= 4 is 25.2 Å². The van der Waals surface area contributed by atoms with E-state index in [-0.39, 0.29) is 0 Å². The van der Waals surface area contributed by atoms with E-state index < -0.39 is 0 Å². The van der Waals surface area contributed by atoms with Gasteiger partial charge in [-0.2, -0.15) is 0 Å². The van der Waals surface area contributed by atoms with Crippen molar-refractivity contribution < 1.29 is 0 Å². The van der Waals surface area contributed by atoms with Crippen molar-refractivity contribution in [1.82, 2.24) is 0 Å². The minimum atomic E-state index is 0.908. The molecule has 0 N–H and O–H groups in total. The lowest BCUT2D eigenvalue weighted by atomic mass is 10.3. The molecule has 9 heavy (non-hydrogen) atoms. The molecule has 0 radical (unpaired) electrons. The van der Waals surface area contributed by atoms with E-state index >= 15 is 0 Å². The summed E-state index contributed by atoms with van der Waals surface area (Å²) in [5.41, 5.74) is 1.11. The maximum Gasteiger partial charge on any atom is 0.0132 e. The number of rotatable bonds is 2. The van der Waals surface area contributed by atoms with Crippen molar-refractivity contribution in [2.45, 2.75) is 6.92 Å². The Hall–Kier alpha value is 0.130. The van der Waals surface area contributed by atoms with Gasteiger partial charge in [0.25, 0.3) is 0 Å². The number of hydrogen-bond donors (Lipinski definition) is 0. The normalized spacial score (nSPS) is 11.2. The molecule has 0 saturated carbocycles. The van der Waals surface area contributed by atoms with Gasteiger partial charge in [0.2, 0.25) is 0 Å². The van der Waals surface area contributed by atoms with Crippen molar-refractivity contribution in [3.63, 3.8) is 0 Å². The second kappa shape index (κ2) is 4.03. The molecule has 0 saturated heterocycles. The van der Waals surface area contributed by atoms with Crippen LogP contribution in [0.4, 0.5) is 0 Å². The van der Waals surface area contributed by atoms with Crippen molar-refractivity contribution in [1.29, 1.82) is 0 Å². The van der Waals surface area contributed by atoms with Gasteiger partial charge in [-0.1, -0.05) is 35.2 Å². The van der Waals surface area contributed by atoms with Crippen LogP contribution in [0.1, 0.15) is 6.92 Å². The Balaban J connectivity index is 4.17. The molecule has 0 fully saturated rings. The number of hydrogen-bond acceptors (Lipinski definition) is 0. The molecule has 0 aromatic heterocycles. The minimum Gasteiger partial charge on any atom is -0.106 e. The van der Waals surface area contributed by atoms with Gasteiger partial charge >= 0.3 is 0 Å². The molecule has 0 spiro atoms. The Labute approximate surface area is 67.1 Å². The zero-order valence-corrected chi connectivity index (χ0v) is 8.19. The second-order valence-electron chi connectivity index (χ2n) is 1.81. The lowest BCUT2D eigenvalue weighted by molar-refractivity contribution is 1.52. The molecule has 0 bridgehead atoms. The summed E-state index contributed by atoms with van der Waals surface area (Å²) in [6, 6.07) is 0. The largest absolute Gasteiger partial charge is 0.106 e. The summed E-state index contributed by atoms with van der Waals surface area (Å²) in [4.78, 5) is 0. The van der Waals surface area contributed by atoms with E-state index in [2.05, 4.69) is 38.3 Å². The Morgan fingerprint density at radius 1 is 1.56 bits per heavy atom. The molecule has 0 nitrogen and oxygen atoms in total. The topological polar surface area (TPSA) is 0 Å². The Kier molecular flexibility index (Phi) is 4.09. The van der Waals surface area contributed by atoms with E-state index in [0.29, 0.717) is 0 Å². The van der Waals surface area contributed by atoms with E-state index in [0.717, 1.165) is 15.4 Å². The predicted octanol–water partition coefficient (Wildman–Crippen LogP) is 3.23. The summed E-state index contributed by atoms with van der Waals surface area (Å²) in [6.45, 7) is 9.39. The van der Waals surface area contributed by atoms with Crippen LogP contribution >= 0.6 is 25.2 Å². The van der Waals surface area contributed by atoms with Crippen LogP contribution in [0.2, 0.25) is 0 Å². The van der Waals surface area contributed by atoms with E-state index in [1.165, 1.54) is 0 Å². The SMILES string of the molecule is C=C(P)/C=C(/C)C(=C)Br. The highest BCUT2D eigenvalue weighted by molar-refractivity contribution is 9.11. The fraction of sp³-hybridized carbons (Fsp3) is 0.143. The lowest BCUT2D eigenvalue weighted by Gasteiger charge is -1.94. The highest BCUT2D eigenvalue weighted by atomic mass is 79.9. The van der Waals surface area contributed by atoms with E-state index in [4.69, 9.17) is 0 Å². The van der Waals surface area contributed by atoms with Gasteiger partial charge in [0.15, 0.2) is 0 Å². The summed E-state index contributed by atoms with van der Waals surface area (Å²) >= 11 is 3.26. The summed E-state index contributed by atoms with van der Waals surface area (Å²) < 4.78 is 0.908. The van der Waals surface area contributed by atoms with Crippen molar-refractivity contribution in [3.05, 3.63) is 34.6 Å². The first kappa shape index (κ1) is 9.13. The van der Waals surface area contributed by atoms with Gasteiger partial charge in [-0.3, -0.25) is 0 Å². The summed E-state index contributed by atoms with van der Waals surface area (Å²) in [5.74, 6) is 0. The second-order valence-corrected chi connectivity index (χ2v) is 3.51. The van der Waals surface area contributed by atoms with Gasteiger partial charge in [-0.05, 0) is 17.8 Å². The highest BCUT2D eigenvalue weighted by Crippen LogP contribution is 2.17. The lowest BCUT2D eigenvalue weighted by Crippen LogP contribution is -1.70. The van der Waals surface area contributed by atoms with E-state index in [9.17, 15) is 0 Å². The van der Waals surface area contributed by atoms with Crippen molar-refractivity contribution in [2.75, 3.05) is 0 Å². The van der Waals surface area contributed by atoms with Gasteiger partial charge in [0.1, 0.15) is 0 Å². The number of allylic oxidation sites excluding steroid dienone is 4. The third-order valence-electron chi connectivity index (χ3n) is 0.830. The van der Waals surface area contributed by atoms with Crippen molar-refractivity contribution in [2.24, 2.45) is 0 Å². The smallest absolute Gasteiger partial charge is 0.0132 e. The standard InChI is InChI=1S/C7H10BrP/c1-5(7(3)8)4-6(2)9/h4H,2-3,9H2,1H3/b5-4-. The third-order valence-corrected chi connectivity index (χ3v) is 1.62. The van der Waals surface area contributed by atoms with Crippen molar-refractivity contribution in [3.8, 4) is 0 Å². The molecule has 0 aromatic carbocycles. The van der Waals surface area contributed by atoms with Gasteiger partial charge in [0, 0.05) is 4.48 Å². The molecular weight excluding hydrogens is 195 g/mol. The zero-order valence-electron chi connectivity index (χ0n) is 5.45. The first-order valence-electron chi connectivity index (χ1n) is 2.51. The molecular formula is C7H10BrP. The summed E-state index contributed by atoms with van der Waals surface area (Å²) in [6.07, 6.45) is 1.95. The highest BCUT2D eigenvalue weighted by Gasteiger charge is 1.88. The van der Waals surface area contributed by atoms with Crippen LogP contribution in [-0.4, -0.2) is 0 Å². The molecule has 0 aliphatic heterocycles. The Morgan fingerprint density at radius 2 is 2.00 bits per heavy atom. The molecule has 0 aromatic rings. The first-order chi connectivity index (χ1) is 4.04. The van der Waals surface area contributed by atoms with Gasteiger partial charge in [-0.25, -0.2) is 0 Å². The van der Waals surface area contributed by atoms with Crippen LogP contribution in [0.15, 0.2) is 34.6 Å². The predicted molar refractivity (Wildman–Crippen MR) is 50.7 cm³/mol. The maximum absolute atomic E-state index is 3.71. The Bertz CT molecular complexity index is 168. The van der Waals surface area contributed by atoms with Gasteiger partial charge < -0.3 is 0 Å². The van der Waals surface area contributed by atoms with Crippen LogP contribution in [0.25, 0.3) is 0 Å². The molecule has 0 heterocycles. The third kappa shape index (κ3) is 4.62. The molecule has 1 unspecified atom stereocenters.